The number of fused-ring (bicyclic) bond motifs is 3. The van der Waals surface area contributed by atoms with E-state index in [1.807, 2.05) is 78.9 Å². The Labute approximate surface area is 247 Å². The monoisotopic (exact) mass is 568 g/mol. The third-order valence-corrected chi connectivity index (χ3v) is 8.12. The van der Waals surface area contributed by atoms with Crippen LogP contribution < -0.4 is 9.47 Å². The van der Waals surface area contributed by atoms with E-state index >= 15 is 0 Å². The summed E-state index contributed by atoms with van der Waals surface area (Å²) in [6.45, 7) is 7.10. The summed E-state index contributed by atoms with van der Waals surface area (Å²) in [6.07, 6.45) is 2.19. The second-order valence-corrected chi connectivity index (χ2v) is 10.7. The molecule has 5 aromatic rings. The molecule has 0 aliphatic heterocycles. The molecule has 6 rings (SSSR count). The summed E-state index contributed by atoms with van der Waals surface area (Å²) < 4.78 is 11.6. The maximum absolute atomic E-state index is 13.9. The molecule has 0 spiro atoms. The third-order valence-electron chi connectivity index (χ3n) is 7.12. The second-order valence-electron chi connectivity index (χ2n) is 9.60. The van der Waals surface area contributed by atoms with Crippen molar-refractivity contribution in [1.82, 2.24) is 0 Å². The fourth-order valence-electron chi connectivity index (χ4n) is 5.32. The Kier molecular flexibility index (Phi) is 7.30. The number of carbonyl (C=O) groups is 3. The lowest BCUT2D eigenvalue weighted by Crippen LogP contribution is -2.21. The number of esters is 2. The third kappa shape index (κ3) is 4.93. The Bertz CT molecular complexity index is 1910. The molecule has 0 N–H and O–H groups in total. The standard InChI is InChI=1S/C36H24O5S/c1-3-32(37)40-31-21-30(36(41-33(38)4-2)28-17-11-8-14-24(28)31)34-25-15-9-10-16-27(25)35(39)29-20-23(18-19-26(29)34)42-22-12-6-5-7-13-22/h3-21,34H,1-2H2. The zero-order valence-electron chi connectivity index (χ0n) is 22.4. The first-order valence-corrected chi connectivity index (χ1v) is 14.0. The van der Waals surface area contributed by atoms with Gasteiger partial charge in [0.05, 0.1) is 0 Å². The highest BCUT2D eigenvalue weighted by molar-refractivity contribution is 7.99. The first-order chi connectivity index (χ1) is 20.5. The summed E-state index contributed by atoms with van der Waals surface area (Å²) in [5.41, 5.74) is 3.18. The molecule has 6 heteroatoms. The summed E-state index contributed by atoms with van der Waals surface area (Å²) in [5, 5.41) is 1.16. The molecule has 0 amide bonds. The summed E-state index contributed by atoms with van der Waals surface area (Å²) >= 11 is 1.57. The van der Waals surface area contributed by atoms with E-state index in [4.69, 9.17) is 9.47 Å². The quantitative estimate of drug-likeness (QED) is 0.111. The van der Waals surface area contributed by atoms with Crippen LogP contribution in [-0.4, -0.2) is 17.7 Å². The van der Waals surface area contributed by atoms with Gasteiger partial charge in [0.25, 0.3) is 0 Å². The number of carbonyl (C=O) groups excluding carboxylic acids is 3. The summed E-state index contributed by atoms with van der Waals surface area (Å²) in [4.78, 5) is 40.8. The maximum Gasteiger partial charge on any atom is 0.335 e. The molecule has 1 aliphatic carbocycles. The minimum Gasteiger partial charge on any atom is -0.423 e. The van der Waals surface area contributed by atoms with Crippen LogP contribution >= 0.6 is 11.8 Å². The molecular formula is C36H24O5S. The van der Waals surface area contributed by atoms with Gasteiger partial charge in [0.15, 0.2) is 5.78 Å². The lowest BCUT2D eigenvalue weighted by Gasteiger charge is -2.30. The van der Waals surface area contributed by atoms with Crippen LogP contribution in [-0.2, 0) is 9.59 Å². The van der Waals surface area contributed by atoms with Crippen molar-refractivity contribution in [2.75, 3.05) is 0 Å². The van der Waals surface area contributed by atoms with Crippen LogP contribution in [0.25, 0.3) is 10.8 Å². The highest BCUT2D eigenvalue weighted by Crippen LogP contribution is 2.49. The van der Waals surface area contributed by atoms with Crippen LogP contribution in [0.1, 0.15) is 38.5 Å². The number of ketones is 1. The van der Waals surface area contributed by atoms with E-state index in [9.17, 15) is 14.4 Å². The Morgan fingerprint density at radius 1 is 0.643 bits per heavy atom. The van der Waals surface area contributed by atoms with Crippen LogP contribution in [0.15, 0.2) is 138 Å². The zero-order valence-corrected chi connectivity index (χ0v) is 23.2. The Morgan fingerprint density at radius 2 is 1.29 bits per heavy atom. The molecule has 5 nitrogen and oxygen atoms in total. The summed E-state index contributed by atoms with van der Waals surface area (Å²) in [5.74, 6) is -1.26. The highest BCUT2D eigenvalue weighted by Gasteiger charge is 2.35. The Balaban J connectivity index is 1.61. The smallest absolute Gasteiger partial charge is 0.335 e. The number of hydrogen-bond donors (Lipinski definition) is 0. The van der Waals surface area contributed by atoms with Crippen molar-refractivity contribution in [2.45, 2.75) is 15.7 Å². The minimum absolute atomic E-state index is 0.0869. The number of hydrogen-bond acceptors (Lipinski definition) is 6. The van der Waals surface area contributed by atoms with E-state index in [1.165, 1.54) is 0 Å². The first-order valence-electron chi connectivity index (χ1n) is 13.2. The molecule has 1 aliphatic rings. The maximum atomic E-state index is 13.9. The molecule has 0 bridgehead atoms. The molecule has 5 aromatic carbocycles. The van der Waals surface area contributed by atoms with Crippen LogP contribution in [0.5, 0.6) is 11.5 Å². The summed E-state index contributed by atoms with van der Waals surface area (Å²) in [7, 11) is 0. The van der Waals surface area contributed by atoms with Gasteiger partial charge in [0.2, 0.25) is 0 Å². The van der Waals surface area contributed by atoms with Crippen LogP contribution in [0, 0.1) is 0 Å². The lowest BCUT2D eigenvalue weighted by atomic mass is 9.73. The largest absolute Gasteiger partial charge is 0.423 e. The molecule has 0 aromatic heterocycles. The van der Waals surface area contributed by atoms with E-state index < -0.39 is 17.9 Å². The second kappa shape index (κ2) is 11.4. The molecule has 0 saturated carbocycles. The molecule has 0 radical (unpaired) electrons. The molecule has 204 valence electrons. The van der Waals surface area contributed by atoms with E-state index in [-0.39, 0.29) is 11.5 Å². The van der Waals surface area contributed by atoms with Gasteiger partial charge in [-0.05, 0) is 41.5 Å². The van der Waals surface area contributed by atoms with Gasteiger partial charge in [-0.25, -0.2) is 9.59 Å². The van der Waals surface area contributed by atoms with Gasteiger partial charge in [-0.2, -0.15) is 0 Å². The van der Waals surface area contributed by atoms with Gasteiger partial charge in [0, 0.05) is 55.3 Å². The molecule has 1 atom stereocenters. The van der Waals surface area contributed by atoms with Crippen LogP contribution in [0.4, 0.5) is 0 Å². The first kappa shape index (κ1) is 27.0. The zero-order chi connectivity index (χ0) is 29.2. The van der Waals surface area contributed by atoms with Gasteiger partial charge in [-0.1, -0.05) is 97.7 Å². The molecular weight excluding hydrogens is 544 g/mol. The van der Waals surface area contributed by atoms with Gasteiger partial charge in [0.1, 0.15) is 11.5 Å². The van der Waals surface area contributed by atoms with E-state index in [2.05, 4.69) is 13.2 Å². The summed E-state index contributed by atoms with van der Waals surface area (Å²) in [6, 6.07) is 32.1. The topological polar surface area (TPSA) is 69.7 Å². The van der Waals surface area contributed by atoms with Gasteiger partial charge in [-0.15, -0.1) is 0 Å². The predicted octanol–water partition coefficient (Wildman–Crippen LogP) is 7.90. The van der Waals surface area contributed by atoms with Crippen molar-refractivity contribution in [2.24, 2.45) is 0 Å². The molecule has 0 saturated heterocycles. The van der Waals surface area contributed by atoms with Crippen molar-refractivity contribution in [3.63, 3.8) is 0 Å². The fraction of sp³-hybridized carbons (Fsp3) is 0.0278. The van der Waals surface area contributed by atoms with E-state index in [0.29, 0.717) is 33.2 Å². The molecule has 0 fully saturated rings. The molecule has 0 heterocycles. The normalized spacial score (nSPS) is 13.5. The average Bonchev–Trinajstić information content (AvgIpc) is 3.03. The Hall–Kier alpha value is -5.20. The van der Waals surface area contributed by atoms with Crippen molar-refractivity contribution in [3.8, 4) is 11.5 Å². The SMILES string of the molecule is C=CC(=O)Oc1cc(C2c3ccccc3C(=O)c3cc(Sc4ccccc4)ccc32)c(OC(=O)C=C)c2ccccc12. The molecule has 1 unspecified atom stereocenters. The van der Waals surface area contributed by atoms with Crippen molar-refractivity contribution in [1.29, 1.82) is 0 Å². The minimum atomic E-state index is -0.632. The number of benzene rings is 5. The molecule has 42 heavy (non-hydrogen) atoms. The number of ether oxygens (including phenoxy) is 2. The lowest BCUT2D eigenvalue weighted by molar-refractivity contribution is -0.130. The van der Waals surface area contributed by atoms with E-state index in [0.717, 1.165) is 33.1 Å². The van der Waals surface area contributed by atoms with Gasteiger partial charge in [-0.3, -0.25) is 4.79 Å². The fourth-order valence-corrected chi connectivity index (χ4v) is 6.19. The van der Waals surface area contributed by atoms with Crippen molar-refractivity contribution < 1.29 is 23.9 Å². The van der Waals surface area contributed by atoms with E-state index in [1.54, 1.807) is 36.0 Å². The van der Waals surface area contributed by atoms with Crippen molar-refractivity contribution >= 4 is 40.3 Å². The number of rotatable bonds is 7. The highest BCUT2D eigenvalue weighted by atomic mass is 32.2. The van der Waals surface area contributed by atoms with Gasteiger partial charge >= 0.3 is 11.9 Å². The predicted molar refractivity (Wildman–Crippen MR) is 163 cm³/mol. The van der Waals surface area contributed by atoms with Crippen LogP contribution in [0.2, 0.25) is 0 Å². The van der Waals surface area contributed by atoms with Gasteiger partial charge < -0.3 is 9.47 Å². The Morgan fingerprint density at radius 3 is 2.05 bits per heavy atom. The van der Waals surface area contributed by atoms with Crippen LogP contribution in [0.3, 0.4) is 0 Å². The van der Waals surface area contributed by atoms with Crippen molar-refractivity contribution in [3.05, 3.63) is 156 Å². The average molecular weight is 569 g/mol.